The van der Waals surface area contributed by atoms with Crippen molar-refractivity contribution in [3.05, 3.63) is 28.8 Å². The zero-order valence-electron chi connectivity index (χ0n) is 11.7. The smallest absolute Gasteiger partial charge is 0.0449 e. The summed E-state index contributed by atoms with van der Waals surface area (Å²) in [6.07, 6.45) is 1.85. The Morgan fingerprint density at radius 1 is 1.28 bits per heavy atom. The molecule has 0 spiro atoms. The van der Waals surface area contributed by atoms with Crippen molar-refractivity contribution in [1.29, 1.82) is 0 Å². The summed E-state index contributed by atoms with van der Waals surface area (Å²) in [5, 5.41) is 1.43. The summed E-state index contributed by atoms with van der Waals surface area (Å²) in [6.45, 7) is 8.88. The predicted molar refractivity (Wildman–Crippen MR) is 83.6 cm³/mol. The van der Waals surface area contributed by atoms with E-state index in [0.717, 1.165) is 17.9 Å². The molecule has 1 aromatic carbocycles. The minimum Gasteiger partial charge on any atom is -0.327 e. The lowest BCUT2D eigenvalue weighted by Crippen LogP contribution is -2.22. The molecule has 0 fully saturated rings. The number of halogens is 1. The molecule has 0 aliphatic rings. The Kier molecular flexibility index (Phi) is 6.54. The molecular formula is C15H24ClNS. The first-order chi connectivity index (χ1) is 8.45. The van der Waals surface area contributed by atoms with Crippen LogP contribution in [0.25, 0.3) is 0 Å². The van der Waals surface area contributed by atoms with Crippen LogP contribution in [0, 0.1) is 5.92 Å². The Morgan fingerprint density at radius 2 is 1.94 bits per heavy atom. The standard InChI is InChI=1S/C15H24ClNS/c1-5-12(17)9-13-14(16)7-6-8-15(13)18-11(4)10(2)3/h6-8,10-12H,5,9,17H2,1-4H3. The van der Waals surface area contributed by atoms with Gasteiger partial charge in [0.15, 0.2) is 0 Å². The maximum Gasteiger partial charge on any atom is 0.0449 e. The molecule has 102 valence electrons. The van der Waals surface area contributed by atoms with Crippen molar-refractivity contribution in [2.75, 3.05) is 0 Å². The number of thioether (sulfide) groups is 1. The highest BCUT2D eigenvalue weighted by molar-refractivity contribution is 8.00. The van der Waals surface area contributed by atoms with Gasteiger partial charge in [0.05, 0.1) is 0 Å². The highest BCUT2D eigenvalue weighted by Crippen LogP contribution is 2.34. The number of benzene rings is 1. The Hall–Kier alpha value is -0.180. The average molecular weight is 286 g/mol. The fraction of sp³-hybridized carbons (Fsp3) is 0.600. The zero-order chi connectivity index (χ0) is 13.7. The van der Waals surface area contributed by atoms with Crippen LogP contribution in [0.1, 0.15) is 39.7 Å². The molecule has 0 saturated heterocycles. The molecule has 0 bridgehead atoms. The average Bonchev–Trinajstić information content (AvgIpc) is 2.33. The fourth-order valence-electron chi connectivity index (χ4n) is 1.59. The van der Waals surface area contributed by atoms with Crippen LogP contribution in [0.4, 0.5) is 0 Å². The van der Waals surface area contributed by atoms with Crippen LogP contribution in [0.5, 0.6) is 0 Å². The van der Waals surface area contributed by atoms with E-state index in [1.807, 2.05) is 23.9 Å². The maximum absolute atomic E-state index is 6.32. The number of hydrogen-bond acceptors (Lipinski definition) is 2. The van der Waals surface area contributed by atoms with Crippen LogP contribution in [0.15, 0.2) is 23.1 Å². The predicted octanol–water partition coefficient (Wildman–Crippen LogP) is 4.76. The minimum atomic E-state index is 0.193. The van der Waals surface area contributed by atoms with E-state index in [-0.39, 0.29) is 6.04 Å². The second-order valence-electron chi connectivity index (χ2n) is 5.16. The van der Waals surface area contributed by atoms with Gasteiger partial charge in [-0.25, -0.2) is 0 Å². The van der Waals surface area contributed by atoms with Gasteiger partial charge in [0, 0.05) is 21.2 Å². The fourth-order valence-corrected chi connectivity index (χ4v) is 3.06. The first-order valence-electron chi connectivity index (χ1n) is 6.65. The minimum absolute atomic E-state index is 0.193. The SMILES string of the molecule is CCC(N)Cc1c(Cl)cccc1SC(C)C(C)C. The summed E-state index contributed by atoms with van der Waals surface area (Å²) in [5.74, 6) is 0.654. The molecular weight excluding hydrogens is 262 g/mol. The van der Waals surface area contributed by atoms with Crippen LogP contribution >= 0.6 is 23.4 Å². The number of hydrogen-bond donors (Lipinski definition) is 1. The third-order valence-electron chi connectivity index (χ3n) is 3.32. The van der Waals surface area contributed by atoms with E-state index < -0.39 is 0 Å². The monoisotopic (exact) mass is 285 g/mol. The van der Waals surface area contributed by atoms with Crippen molar-refractivity contribution in [3.63, 3.8) is 0 Å². The van der Waals surface area contributed by atoms with Crippen LogP contribution in [0.2, 0.25) is 5.02 Å². The number of rotatable bonds is 6. The van der Waals surface area contributed by atoms with Gasteiger partial charge >= 0.3 is 0 Å². The third-order valence-corrected chi connectivity index (χ3v) is 5.22. The van der Waals surface area contributed by atoms with Crippen molar-refractivity contribution < 1.29 is 0 Å². The Morgan fingerprint density at radius 3 is 2.50 bits per heavy atom. The van der Waals surface area contributed by atoms with Crippen molar-refractivity contribution in [1.82, 2.24) is 0 Å². The molecule has 0 amide bonds. The van der Waals surface area contributed by atoms with Crippen molar-refractivity contribution in [2.45, 2.75) is 56.7 Å². The summed E-state index contributed by atoms with van der Waals surface area (Å²) in [4.78, 5) is 1.28. The van der Waals surface area contributed by atoms with Gasteiger partial charge in [-0.15, -0.1) is 11.8 Å². The molecule has 0 saturated carbocycles. The Bertz CT molecular complexity index is 379. The lowest BCUT2D eigenvalue weighted by atomic mass is 10.0. The summed E-state index contributed by atoms with van der Waals surface area (Å²) in [7, 11) is 0. The van der Waals surface area contributed by atoms with E-state index in [1.54, 1.807) is 0 Å². The first kappa shape index (κ1) is 15.9. The largest absolute Gasteiger partial charge is 0.327 e. The van der Waals surface area contributed by atoms with Gasteiger partial charge in [-0.2, -0.15) is 0 Å². The molecule has 2 N–H and O–H groups in total. The van der Waals surface area contributed by atoms with E-state index >= 15 is 0 Å². The molecule has 1 rings (SSSR count). The van der Waals surface area contributed by atoms with Gasteiger partial charge in [0.2, 0.25) is 0 Å². The van der Waals surface area contributed by atoms with Gasteiger partial charge in [-0.3, -0.25) is 0 Å². The summed E-state index contributed by atoms with van der Waals surface area (Å²) >= 11 is 8.23. The topological polar surface area (TPSA) is 26.0 Å². The van der Waals surface area contributed by atoms with E-state index in [4.69, 9.17) is 17.3 Å². The van der Waals surface area contributed by atoms with Crippen molar-refractivity contribution >= 4 is 23.4 Å². The zero-order valence-corrected chi connectivity index (χ0v) is 13.3. The van der Waals surface area contributed by atoms with Crippen LogP contribution in [-0.2, 0) is 6.42 Å². The maximum atomic E-state index is 6.32. The molecule has 0 heterocycles. The molecule has 1 nitrogen and oxygen atoms in total. The van der Waals surface area contributed by atoms with Crippen LogP contribution in [0.3, 0.4) is 0 Å². The van der Waals surface area contributed by atoms with Gasteiger partial charge in [-0.1, -0.05) is 45.4 Å². The normalized spacial score (nSPS) is 14.8. The molecule has 2 atom stereocenters. The van der Waals surface area contributed by atoms with Crippen LogP contribution in [-0.4, -0.2) is 11.3 Å². The van der Waals surface area contributed by atoms with E-state index in [2.05, 4.69) is 33.8 Å². The van der Waals surface area contributed by atoms with Crippen molar-refractivity contribution in [3.8, 4) is 0 Å². The van der Waals surface area contributed by atoms with Gasteiger partial charge in [0.1, 0.15) is 0 Å². The molecule has 0 radical (unpaired) electrons. The van der Waals surface area contributed by atoms with Gasteiger partial charge < -0.3 is 5.73 Å². The lowest BCUT2D eigenvalue weighted by Gasteiger charge is -2.19. The van der Waals surface area contributed by atoms with E-state index in [1.165, 1.54) is 10.5 Å². The van der Waals surface area contributed by atoms with Gasteiger partial charge in [-0.05, 0) is 36.5 Å². The molecule has 0 aliphatic carbocycles. The summed E-state index contributed by atoms with van der Waals surface area (Å²) in [5.41, 5.74) is 7.28. The highest BCUT2D eigenvalue weighted by Gasteiger charge is 2.15. The summed E-state index contributed by atoms with van der Waals surface area (Å²) < 4.78 is 0. The third kappa shape index (κ3) is 4.49. The second-order valence-corrected chi connectivity index (χ2v) is 6.98. The van der Waals surface area contributed by atoms with Crippen molar-refractivity contribution in [2.24, 2.45) is 11.7 Å². The molecule has 2 unspecified atom stereocenters. The quantitative estimate of drug-likeness (QED) is 0.763. The summed E-state index contributed by atoms with van der Waals surface area (Å²) in [6, 6.07) is 6.34. The highest BCUT2D eigenvalue weighted by atomic mass is 35.5. The van der Waals surface area contributed by atoms with Gasteiger partial charge in [0.25, 0.3) is 0 Å². The molecule has 18 heavy (non-hydrogen) atoms. The molecule has 0 aliphatic heterocycles. The van der Waals surface area contributed by atoms with E-state index in [9.17, 15) is 0 Å². The molecule has 0 aromatic heterocycles. The lowest BCUT2D eigenvalue weighted by molar-refractivity contribution is 0.635. The second kappa shape index (κ2) is 7.42. The molecule has 1 aromatic rings. The first-order valence-corrected chi connectivity index (χ1v) is 7.91. The van der Waals surface area contributed by atoms with E-state index in [0.29, 0.717) is 11.2 Å². The Balaban J connectivity index is 2.93. The van der Waals surface area contributed by atoms with Crippen LogP contribution < -0.4 is 5.73 Å². The molecule has 3 heteroatoms. The Labute approximate surface area is 120 Å². The number of nitrogens with two attached hydrogens (primary N) is 1.